The van der Waals surface area contributed by atoms with Gasteiger partial charge < -0.3 is 15.0 Å². The number of hydrogen-bond acceptors (Lipinski definition) is 6. The largest absolute Gasteiger partial charge is 0.377 e. The van der Waals surface area contributed by atoms with Gasteiger partial charge in [-0.1, -0.05) is 11.8 Å². The van der Waals surface area contributed by atoms with Crippen molar-refractivity contribution in [2.24, 2.45) is 0 Å². The lowest BCUT2D eigenvalue weighted by molar-refractivity contribution is 0.0984. The molecule has 1 atom stereocenters. The summed E-state index contributed by atoms with van der Waals surface area (Å²) in [6, 6.07) is 2.15. The Morgan fingerprint density at radius 1 is 1.52 bits per heavy atom. The van der Waals surface area contributed by atoms with Crippen LogP contribution in [-0.4, -0.2) is 54.2 Å². The van der Waals surface area contributed by atoms with E-state index in [-0.39, 0.29) is 12.6 Å². The fraction of sp³-hybridized carbons (Fsp3) is 0.714. The molecule has 0 spiro atoms. The Hall–Kier alpha value is -1.08. The average Bonchev–Trinajstić information content (AvgIpc) is 2.44. The van der Waals surface area contributed by atoms with E-state index in [1.165, 1.54) is 11.8 Å². The van der Waals surface area contributed by atoms with Gasteiger partial charge in [0.2, 0.25) is 0 Å². The summed E-state index contributed by atoms with van der Waals surface area (Å²) in [4.78, 5) is 11.2. The van der Waals surface area contributed by atoms with E-state index >= 15 is 0 Å². The molecule has 0 aliphatic carbocycles. The maximum atomic E-state index is 13.6. The first-order chi connectivity index (χ1) is 9.89. The minimum atomic E-state index is -1.28. The summed E-state index contributed by atoms with van der Waals surface area (Å²) < 4.78 is 19.1. The molecule has 5 nitrogen and oxygen atoms in total. The lowest BCUT2D eigenvalue weighted by Crippen LogP contribution is -2.44. The lowest BCUT2D eigenvalue weighted by atomic mass is 10.2. The molecule has 2 heterocycles. The van der Waals surface area contributed by atoms with Crippen LogP contribution in [0.5, 0.6) is 0 Å². The topological polar surface area (TPSA) is 50.3 Å². The van der Waals surface area contributed by atoms with Crippen LogP contribution in [0.3, 0.4) is 0 Å². The molecule has 0 amide bonds. The number of ether oxygens (including phenoxy) is 1. The SMILES string of the molecule is CSc1nc(NCC(C)(C)F)cc(N2CCOC[C@H]2C)n1. The molecule has 2 rings (SSSR count). The summed E-state index contributed by atoms with van der Waals surface area (Å²) in [6.07, 6.45) is 1.94. The summed E-state index contributed by atoms with van der Waals surface area (Å²) in [5, 5.41) is 3.74. The second kappa shape index (κ2) is 6.79. The minimum Gasteiger partial charge on any atom is -0.377 e. The summed E-state index contributed by atoms with van der Waals surface area (Å²) in [6.45, 7) is 7.61. The highest BCUT2D eigenvalue weighted by molar-refractivity contribution is 7.98. The Balaban J connectivity index is 2.20. The van der Waals surface area contributed by atoms with E-state index in [0.717, 1.165) is 12.4 Å². The van der Waals surface area contributed by atoms with Crippen LogP contribution in [0.2, 0.25) is 0 Å². The van der Waals surface area contributed by atoms with Gasteiger partial charge in [0.1, 0.15) is 17.3 Å². The molecule has 1 aliphatic rings. The molecule has 0 unspecified atom stereocenters. The molecule has 21 heavy (non-hydrogen) atoms. The van der Waals surface area contributed by atoms with E-state index < -0.39 is 5.67 Å². The van der Waals surface area contributed by atoms with Gasteiger partial charge in [-0.15, -0.1) is 0 Å². The van der Waals surface area contributed by atoms with Crippen molar-refractivity contribution in [2.45, 2.75) is 37.6 Å². The van der Waals surface area contributed by atoms with Crippen LogP contribution in [-0.2, 0) is 4.74 Å². The first kappa shape index (κ1) is 16.3. The van der Waals surface area contributed by atoms with E-state index in [1.54, 1.807) is 13.8 Å². The molecular weight excluding hydrogens is 291 g/mol. The van der Waals surface area contributed by atoms with E-state index in [2.05, 4.69) is 27.1 Å². The fourth-order valence-corrected chi connectivity index (χ4v) is 2.48. The van der Waals surface area contributed by atoms with Gasteiger partial charge in [-0.2, -0.15) is 0 Å². The number of rotatable bonds is 5. The van der Waals surface area contributed by atoms with E-state index in [1.807, 2.05) is 12.3 Å². The van der Waals surface area contributed by atoms with Crippen LogP contribution in [0.1, 0.15) is 20.8 Å². The van der Waals surface area contributed by atoms with E-state index in [0.29, 0.717) is 24.2 Å². The second-order valence-electron chi connectivity index (χ2n) is 5.79. The molecule has 1 fully saturated rings. The van der Waals surface area contributed by atoms with Crippen LogP contribution >= 0.6 is 11.8 Å². The number of nitrogens with zero attached hydrogens (tertiary/aromatic N) is 3. The number of halogens is 1. The summed E-state index contributed by atoms with van der Waals surface area (Å²) in [7, 11) is 0. The molecule has 0 bridgehead atoms. The Morgan fingerprint density at radius 3 is 2.90 bits per heavy atom. The molecule has 1 saturated heterocycles. The van der Waals surface area contributed by atoms with Gasteiger partial charge >= 0.3 is 0 Å². The second-order valence-corrected chi connectivity index (χ2v) is 6.56. The van der Waals surface area contributed by atoms with Crippen molar-refractivity contribution in [3.05, 3.63) is 6.07 Å². The Bertz CT molecular complexity index is 481. The molecule has 118 valence electrons. The maximum Gasteiger partial charge on any atom is 0.191 e. The molecule has 0 radical (unpaired) electrons. The highest BCUT2D eigenvalue weighted by atomic mass is 32.2. The quantitative estimate of drug-likeness (QED) is 0.666. The summed E-state index contributed by atoms with van der Waals surface area (Å²) in [5.41, 5.74) is -1.28. The van der Waals surface area contributed by atoms with Crippen molar-refractivity contribution in [3.63, 3.8) is 0 Å². The van der Waals surface area contributed by atoms with Crippen molar-refractivity contribution in [2.75, 3.05) is 42.8 Å². The van der Waals surface area contributed by atoms with Gasteiger partial charge in [0.05, 0.1) is 19.3 Å². The van der Waals surface area contributed by atoms with Crippen LogP contribution in [0.25, 0.3) is 0 Å². The van der Waals surface area contributed by atoms with Crippen LogP contribution in [0.15, 0.2) is 11.2 Å². The number of nitrogens with one attached hydrogen (secondary N) is 1. The predicted octanol–water partition coefficient (Wildman–Crippen LogP) is 2.58. The van der Waals surface area contributed by atoms with Crippen LogP contribution in [0.4, 0.5) is 16.0 Å². The first-order valence-electron chi connectivity index (χ1n) is 7.09. The van der Waals surface area contributed by atoms with Gasteiger partial charge in [-0.25, -0.2) is 14.4 Å². The smallest absolute Gasteiger partial charge is 0.191 e. The first-order valence-corrected chi connectivity index (χ1v) is 8.32. The third-order valence-electron chi connectivity index (χ3n) is 3.23. The Kier molecular flexibility index (Phi) is 5.27. The van der Waals surface area contributed by atoms with Gasteiger partial charge in [-0.05, 0) is 27.0 Å². The fourth-order valence-electron chi connectivity index (χ4n) is 2.11. The summed E-state index contributed by atoms with van der Waals surface area (Å²) >= 11 is 1.48. The van der Waals surface area contributed by atoms with Crippen molar-refractivity contribution >= 4 is 23.4 Å². The monoisotopic (exact) mass is 314 g/mol. The van der Waals surface area contributed by atoms with Gasteiger partial charge in [0.15, 0.2) is 5.16 Å². The van der Waals surface area contributed by atoms with Gasteiger partial charge in [0, 0.05) is 19.2 Å². The van der Waals surface area contributed by atoms with Crippen LogP contribution < -0.4 is 10.2 Å². The van der Waals surface area contributed by atoms with Crippen molar-refractivity contribution in [3.8, 4) is 0 Å². The molecule has 1 N–H and O–H groups in total. The Labute approximate surface area is 129 Å². The number of alkyl halides is 1. The zero-order chi connectivity index (χ0) is 15.5. The minimum absolute atomic E-state index is 0.218. The molecule has 1 aliphatic heterocycles. The highest BCUT2D eigenvalue weighted by Crippen LogP contribution is 2.24. The van der Waals surface area contributed by atoms with Gasteiger partial charge in [0.25, 0.3) is 0 Å². The molecular formula is C14H23FN4OS. The number of thioether (sulfide) groups is 1. The van der Waals surface area contributed by atoms with Crippen molar-refractivity contribution < 1.29 is 9.13 Å². The third-order valence-corrected chi connectivity index (χ3v) is 3.77. The lowest BCUT2D eigenvalue weighted by Gasteiger charge is -2.34. The van der Waals surface area contributed by atoms with Gasteiger partial charge in [-0.3, -0.25) is 0 Å². The zero-order valence-corrected chi connectivity index (χ0v) is 13.8. The van der Waals surface area contributed by atoms with E-state index in [4.69, 9.17) is 4.74 Å². The van der Waals surface area contributed by atoms with Crippen molar-refractivity contribution in [1.82, 2.24) is 9.97 Å². The number of anilines is 2. The third kappa shape index (κ3) is 4.71. The molecule has 7 heteroatoms. The number of hydrogen-bond donors (Lipinski definition) is 1. The van der Waals surface area contributed by atoms with Crippen LogP contribution in [0, 0.1) is 0 Å². The molecule has 1 aromatic heterocycles. The van der Waals surface area contributed by atoms with E-state index in [9.17, 15) is 4.39 Å². The standard InChI is InChI=1S/C14H23FN4OS/c1-10-8-20-6-5-19(10)12-7-11(16-9-14(2,3)15)17-13(18-12)21-4/h7,10H,5-6,8-9H2,1-4H3,(H,16,17,18)/t10-/m1/s1. The zero-order valence-electron chi connectivity index (χ0n) is 13.0. The average molecular weight is 314 g/mol. The predicted molar refractivity (Wildman–Crippen MR) is 85.1 cm³/mol. The molecule has 0 saturated carbocycles. The summed E-state index contributed by atoms with van der Waals surface area (Å²) in [5.74, 6) is 1.53. The maximum absolute atomic E-state index is 13.6. The Morgan fingerprint density at radius 2 is 2.29 bits per heavy atom. The molecule has 0 aromatic carbocycles. The van der Waals surface area contributed by atoms with Crippen molar-refractivity contribution in [1.29, 1.82) is 0 Å². The molecule has 1 aromatic rings. The highest BCUT2D eigenvalue weighted by Gasteiger charge is 2.22. The number of morpholine rings is 1. The number of aromatic nitrogens is 2. The normalized spacial score (nSPS) is 19.7.